The van der Waals surface area contributed by atoms with E-state index in [9.17, 15) is 13.6 Å². The molecule has 0 aliphatic rings. The summed E-state index contributed by atoms with van der Waals surface area (Å²) in [5.74, 6) is -1.48. The lowest BCUT2D eigenvalue weighted by Gasteiger charge is -2.18. The molecule has 0 spiro atoms. The predicted octanol–water partition coefficient (Wildman–Crippen LogP) is 4.00. The first-order valence-corrected chi connectivity index (χ1v) is 6.72. The minimum atomic E-state index is -0.599. The standard InChI is InChI=1S/C15H12BrF2NO/c1-19(9-10-4-2-3-5-13(10)17)15(20)12-8-11(16)6-7-14(12)18/h2-8H,9H2,1H3. The average Bonchev–Trinajstić information content (AvgIpc) is 2.43. The van der Waals surface area contributed by atoms with E-state index >= 15 is 0 Å². The first-order valence-electron chi connectivity index (χ1n) is 5.93. The molecule has 0 bridgehead atoms. The fourth-order valence-corrected chi connectivity index (χ4v) is 2.18. The lowest BCUT2D eigenvalue weighted by atomic mass is 10.1. The van der Waals surface area contributed by atoms with E-state index in [0.29, 0.717) is 10.0 Å². The number of hydrogen-bond donors (Lipinski definition) is 0. The number of benzene rings is 2. The van der Waals surface area contributed by atoms with Crippen molar-refractivity contribution in [3.8, 4) is 0 Å². The predicted molar refractivity (Wildman–Crippen MR) is 76.3 cm³/mol. The molecule has 0 saturated carbocycles. The van der Waals surface area contributed by atoms with Crippen molar-refractivity contribution in [2.45, 2.75) is 6.54 Å². The van der Waals surface area contributed by atoms with E-state index in [1.165, 1.54) is 36.2 Å². The molecule has 0 aliphatic heterocycles. The number of rotatable bonds is 3. The van der Waals surface area contributed by atoms with Gasteiger partial charge in [-0.25, -0.2) is 8.78 Å². The molecule has 0 atom stereocenters. The van der Waals surface area contributed by atoms with Gasteiger partial charge in [-0.15, -0.1) is 0 Å². The quantitative estimate of drug-likeness (QED) is 0.827. The molecule has 0 saturated heterocycles. The van der Waals surface area contributed by atoms with Crippen LogP contribution in [0.1, 0.15) is 15.9 Å². The summed E-state index contributed by atoms with van der Waals surface area (Å²) >= 11 is 3.19. The van der Waals surface area contributed by atoms with Crippen LogP contribution in [0.4, 0.5) is 8.78 Å². The first-order chi connectivity index (χ1) is 9.49. The third kappa shape index (κ3) is 3.22. The van der Waals surface area contributed by atoms with Crippen LogP contribution >= 0.6 is 15.9 Å². The SMILES string of the molecule is CN(Cc1ccccc1F)C(=O)c1cc(Br)ccc1F. The van der Waals surface area contributed by atoms with Crippen molar-refractivity contribution < 1.29 is 13.6 Å². The molecule has 104 valence electrons. The van der Waals surface area contributed by atoms with Gasteiger partial charge in [-0.05, 0) is 24.3 Å². The zero-order valence-corrected chi connectivity index (χ0v) is 12.3. The van der Waals surface area contributed by atoms with Crippen LogP contribution in [-0.2, 0) is 6.54 Å². The van der Waals surface area contributed by atoms with Gasteiger partial charge < -0.3 is 4.90 Å². The number of carbonyl (C=O) groups excluding carboxylic acids is 1. The highest BCUT2D eigenvalue weighted by Gasteiger charge is 2.17. The Morgan fingerprint density at radius 1 is 1.15 bits per heavy atom. The molecule has 1 amide bonds. The zero-order valence-electron chi connectivity index (χ0n) is 10.7. The van der Waals surface area contributed by atoms with E-state index in [4.69, 9.17) is 0 Å². The number of halogens is 3. The van der Waals surface area contributed by atoms with E-state index in [1.807, 2.05) is 0 Å². The Kier molecular flexibility index (Phi) is 4.49. The summed E-state index contributed by atoms with van der Waals surface area (Å²) in [6.07, 6.45) is 0. The molecule has 0 aliphatic carbocycles. The Labute approximate surface area is 124 Å². The fraction of sp³-hybridized carbons (Fsp3) is 0.133. The van der Waals surface area contributed by atoms with Gasteiger partial charge in [0.15, 0.2) is 0 Å². The molecule has 5 heteroatoms. The highest BCUT2D eigenvalue weighted by Crippen LogP contribution is 2.18. The van der Waals surface area contributed by atoms with E-state index in [-0.39, 0.29) is 17.9 Å². The summed E-state index contributed by atoms with van der Waals surface area (Å²) in [7, 11) is 1.51. The first kappa shape index (κ1) is 14.7. The van der Waals surface area contributed by atoms with Crippen molar-refractivity contribution in [3.05, 3.63) is 69.7 Å². The summed E-state index contributed by atoms with van der Waals surface area (Å²) in [5.41, 5.74) is 0.344. The Balaban J connectivity index is 2.21. The summed E-state index contributed by atoms with van der Waals surface area (Å²) in [5, 5.41) is 0. The van der Waals surface area contributed by atoms with Gasteiger partial charge in [-0.1, -0.05) is 34.1 Å². The molecule has 0 heterocycles. The van der Waals surface area contributed by atoms with Gasteiger partial charge >= 0.3 is 0 Å². The van der Waals surface area contributed by atoms with E-state index < -0.39 is 11.7 Å². The third-order valence-electron chi connectivity index (χ3n) is 2.87. The fourth-order valence-electron chi connectivity index (χ4n) is 1.82. The van der Waals surface area contributed by atoms with Crippen molar-refractivity contribution in [1.29, 1.82) is 0 Å². The smallest absolute Gasteiger partial charge is 0.256 e. The second-order valence-corrected chi connectivity index (χ2v) is 5.29. The highest BCUT2D eigenvalue weighted by atomic mass is 79.9. The Morgan fingerprint density at radius 3 is 2.55 bits per heavy atom. The minimum Gasteiger partial charge on any atom is -0.337 e. The summed E-state index contributed by atoms with van der Waals surface area (Å²) < 4.78 is 27.8. The number of amides is 1. The van der Waals surface area contributed by atoms with Crippen molar-refractivity contribution in [3.63, 3.8) is 0 Å². The monoisotopic (exact) mass is 339 g/mol. The van der Waals surface area contributed by atoms with Crippen LogP contribution in [-0.4, -0.2) is 17.9 Å². The van der Waals surface area contributed by atoms with Gasteiger partial charge in [0.25, 0.3) is 5.91 Å². The van der Waals surface area contributed by atoms with Crippen LogP contribution in [0.15, 0.2) is 46.9 Å². The second kappa shape index (κ2) is 6.13. The molecule has 0 aromatic heterocycles. The van der Waals surface area contributed by atoms with Gasteiger partial charge in [0, 0.05) is 23.6 Å². The molecule has 20 heavy (non-hydrogen) atoms. The largest absolute Gasteiger partial charge is 0.337 e. The maximum atomic E-state index is 13.7. The third-order valence-corrected chi connectivity index (χ3v) is 3.36. The maximum absolute atomic E-state index is 13.7. The summed E-state index contributed by atoms with van der Waals surface area (Å²) in [4.78, 5) is 13.5. The van der Waals surface area contributed by atoms with Crippen LogP contribution in [0.5, 0.6) is 0 Å². The van der Waals surface area contributed by atoms with Crippen molar-refractivity contribution in [2.75, 3.05) is 7.05 Å². The normalized spacial score (nSPS) is 10.4. The number of nitrogens with zero attached hydrogens (tertiary/aromatic N) is 1. The van der Waals surface area contributed by atoms with E-state index in [0.717, 1.165) is 0 Å². The molecular weight excluding hydrogens is 328 g/mol. The van der Waals surface area contributed by atoms with Gasteiger partial charge in [-0.3, -0.25) is 4.79 Å². The molecule has 2 rings (SSSR count). The highest BCUT2D eigenvalue weighted by molar-refractivity contribution is 9.10. The second-order valence-electron chi connectivity index (χ2n) is 4.38. The summed E-state index contributed by atoms with van der Waals surface area (Å²) in [6, 6.07) is 10.3. The Morgan fingerprint density at radius 2 is 1.85 bits per heavy atom. The molecule has 2 aromatic rings. The average molecular weight is 340 g/mol. The Hall–Kier alpha value is -1.75. The van der Waals surface area contributed by atoms with E-state index in [2.05, 4.69) is 15.9 Å². The van der Waals surface area contributed by atoms with E-state index in [1.54, 1.807) is 18.2 Å². The molecule has 0 radical (unpaired) electrons. The number of hydrogen-bond acceptors (Lipinski definition) is 1. The zero-order chi connectivity index (χ0) is 14.7. The van der Waals surface area contributed by atoms with Crippen molar-refractivity contribution in [1.82, 2.24) is 4.90 Å². The van der Waals surface area contributed by atoms with Crippen molar-refractivity contribution in [2.24, 2.45) is 0 Å². The molecule has 0 unspecified atom stereocenters. The van der Waals surface area contributed by atoms with Crippen LogP contribution in [0.25, 0.3) is 0 Å². The molecule has 2 nitrogen and oxygen atoms in total. The minimum absolute atomic E-state index is 0.0433. The van der Waals surface area contributed by atoms with Crippen LogP contribution in [0.2, 0.25) is 0 Å². The van der Waals surface area contributed by atoms with Crippen molar-refractivity contribution >= 4 is 21.8 Å². The van der Waals surface area contributed by atoms with Crippen LogP contribution in [0, 0.1) is 11.6 Å². The van der Waals surface area contributed by atoms with Crippen LogP contribution < -0.4 is 0 Å². The van der Waals surface area contributed by atoms with Gasteiger partial charge in [-0.2, -0.15) is 0 Å². The summed E-state index contributed by atoms with van der Waals surface area (Å²) in [6.45, 7) is 0.0808. The molecule has 0 fully saturated rings. The van der Waals surface area contributed by atoms with Gasteiger partial charge in [0.1, 0.15) is 11.6 Å². The van der Waals surface area contributed by atoms with Gasteiger partial charge in [0.2, 0.25) is 0 Å². The molecular formula is C15H12BrF2NO. The maximum Gasteiger partial charge on any atom is 0.256 e. The molecule has 0 N–H and O–H groups in total. The lowest BCUT2D eigenvalue weighted by molar-refractivity contribution is 0.0779. The van der Waals surface area contributed by atoms with Crippen LogP contribution in [0.3, 0.4) is 0 Å². The lowest BCUT2D eigenvalue weighted by Crippen LogP contribution is -2.27. The molecule has 2 aromatic carbocycles. The number of carbonyl (C=O) groups is 1. The van der Waals surface area contributed by atoms with Gasteiger partial charge in [0.05, 0.1) is 5.56 Å². The Bertz CT molecular complexity index is 646. The topological polar surface area (TPSA) is 20.3 Å².